The second-order valence-corrected chi connectivity index (χ2v) is 4.84. The minimum atomic E-state index is 0.672. The second-order valence-electron chi connectivity index (χ2n) is 4.84. The second kappa shape index (κ2) is 2.48. The lowest BCUT2D eigenvalue weighted by Crippen LogP contribution is -2.36. The first kappa shape index (κ1) is 7.60. The van der Waals surface area contributed by atoms with E-state index in [4.69, 9.17) is 0 Å². The van der Waals surface area contributed by atoms with Crippen molar-refractivity contribution in [1.82, 2.24) is 5.32 Å². The SMILES string of the molecule is CC(C)NCC1CC2(CC2)C1. The molecule has 0 aromatic carbocycles. The van der Waals surface area contributed by atoms with E-state index in [0.29, 0.717) is 6.04 Å². The zero-order chi connectivity index (χ0) is 7.90. The Kier molecular flexibility index (Phi) is 1.71. The first-order valence-electron chi connectivity index (χ1n) is 4.94. The van der Waals surface area contributed by atoms with Crippen molar-refractivity contribution >= 4 is 0 Å². The Bertz CT molecular complexity index is 139. The molecule has 64 valence electrons. The largest absolute Gasteiger partial charge is 0.314 e. The lowest BCUT2D eigenvalue weighted by Gasteiger charge is -2.36. The average Bonchev–Trinajstić information content (AvgIpc) is 2.58. The van der Waals surface area contributed by atoms with Crippen molar-refractivity contribution in [3.05, 3.63) is 0 Å². The van der Waals surface area contributed by atoms with Gasteiger partial charge in [0.2, 0.25) is 0 Å². The van der Waals surface area contributed by atoms with Gasteiger partial charge in [-0.2, -0.15) is 0 Å². The van der Waals surface area contributed by atoms with E-state index in [-0.39, 0.29) is 0 Å². The Balaban J connectivity index is 1.60. The zero-order valence-electron chi connectivity index (χ0n) is 7.69. The predicted octanol–water partition coefficient (Wildman–Crippen LogP) is 2.17. The van der Waals surface area contributed by atoms with Gasteiger partial charge in [-0.15, -0.1) is 0 Å². The highest BCUT2D eigenvalue weighted by molar-refractivity contribution is 5.03. The van der Waals surface area contributed by atoms with Crippen LogP contribution in [0.1, 0.15) is 39.5 Å². The maximum absolute atomic E-state index is 3.51. The fourth-order valence-corrected chi connectivity index (χ4v) is 2.30. The molecule has 0 heterocycles. The fraction of sp³-hybridized carbons (Fsp3) is 1.00. The van der Waals surface area contributed by atoms with Gasteiger partial charge in [0.1, 0.15) is 0 Å². The summed E-state index contributed by atoms with van der Waals surface area (Å²) in [5.41, 5.74) is 0.892. The maximum atomic E-state index is 3.51. The van der Waals surface area contributed by atoms with E-state index in [2.05, 4.69) is 19.2 Å². The van der Waals surface area contributed by atoms with Crippen LogP contribution in [0.4, 0.5) is 0 Å². The third kappa shape index (κ3) is 1.58. The van der Waals surface area contributed by atoms with E-state index in [1.54, 1.807) is 0 Å². The Morgan fingerprint density at radius 2 is 2.00 bits per heavy atom. The van der Waals surface area contributed by atoms with Crippen LogP contribution in [0, 0.1) is 11.3 Å². The molecule has 0 unspecified atom stereocenters. The van der Waals surface area contributed by atoms with E-state index < -0.39 is 0 Å². The summed E-state index contributed by atoms with van der Waals surface area (Å²) in [5, 5.41) is 3.51. The standard InChI is InChI=1S/C10H19N/c1-8(2)11-7-9-5-10(6-9)3-4-10/h8-9,11H,3-7H2,1-2H3. The summed E-state index contributed by atoms with van der Waals surface area (Å²) in [4.78, 5) is 0. The Hall–Kier alpha value is -0.0400. The van der Waals surface area contributed by atoms with E-state index >= 15 is 0 Å². The molecule has 1 N–H and O–H groups in total. The number of rotatable bonds is 3. The summed E-state index contributed by atoms with van der Waals surface area (Å²) in [6, 6.07) is 0.672. The van der Waals surface area contributed by atoms with Gasteiger partial charge < -0.3 is 5.32 Å². The molecule has 0 aromatic rings. The molecule has 0 amide bonds. The Morgan fingerprint density at radius 3 is 2.45 bits per heavy atom. The Morgan fingerprint density at radius 1 is 1.36 bits per heavy atom. The summed E-state index contributed by atoms with van der Waals surface area (Å²) < 4.78 is 0. The highest BCUT2D eigenvalue weighted by Crippen LogP contribution is 2.63. The topological polar surface area (TPSA) is 12.0 Å². The third-order valence-corrected chi connectivity index (χ3v) is 3.22. The molecule has 2 aliphatic carbocycles. The molecular formula is C10H19N. The van der Waals surface area contributed by atoms with Crippen LogP contribution >= 0.6 is 0 Å². The molecule has 1 nitrogen and oxygen atoms in total. The molecule has 0 aromatic heterocycles. The quantitative estimate of drug-likeness (QED) is 0.655. The van der Waals surface area contributed by atoms with Crippen molar-refractivity contribution < 1.29 is 0 Å². The smallest absolute Gasteiger partial charge is 0.00104 e. The molecule has 0 atom stereocenters. The summed E-state index contributed by atoms with van der Waals surface area (Å²) in [7, 11) is 0. The first-order chi connectivity index (χ1) is 5.20. The molecule has 2 rings (SSSR count). The molecule has 0 saturated heterocycles. The summed E-state index contributed by atoms with van der Waals surface area (Å²) in [5.74, 6) is 1.01. The average molecular weight is 153 g/mol. The predicted molar refractivity (Wildman–Crippen MR) is 47.5 cm³/mol. The highest BCUT2D eigenvalue weighted by Gasteiger charge is 2.52. The summed E-state index contributed by atoms with van der Waals surface area (Å²) >= 11 is 0. The van der Waals surface area contributed by atoms with E-state index in [9.17, 15) is 0 Å². The van der Waals surface area contributed by atoms with Crippen LogP contribution in [0.15, 0.2) is 0 Å². The lowest BCUT2D eigenvalue weighted by atomic mass is 9.72. The van der Waals surface area contributed by atoms with Crippen LogP contribution in [0.25, 0.3) is 0 Å². The molecule has 0 radical (unpaired) electrons. The van der Waals surface area contributed by atoms with Crippen molar-refractivity contribution in [1.29, 1.82) is 0 Å². The lowest BCUT2D eigenvalue weighted by molar-refractivity contribution is 0.162. The number of nitrogens with one attached hydrogen (secondary N) is 1. The van der Waals surface area contributed by atoms with Crippen LogP contribution in [-0.2, 0) is 0 Å². The number of hydrogen-bond donors (Lipinski definition) is 1. The molecule has 2 aliphatic rings. The molecule has 11 heavy (non-hydrogen) atoms. The fourth-order valence-electron chi connectivity index (χ4n) is 2.30. The van der Waals surface area contributed by atoms with Crippen molar-refractivity contribution in [2.75, 3.05) is 6.54 Å². The van der Waals surface area contributed by atoms with Crippen molar-refractivity contribution in [3.63, 3.8) is 0 Å². The van der Waals surface area contributed by atoms with E-state index in [0.717, 1.165) is 11.3 Å². The van der Waals surface area contributed by atoms with Gasteiger partial charge in [-0.05, 0) is 43.6 Å². The molecule has 1 spiro atoms. The maximum Gasteiger partial charge on any atom is 0.00104 e. The van der Waals surface area contributed by atoms with Gasteiger partial charge in [0, 0.05) is 6.04 Å². The molecule has 1 heteroatoms. The van der Waals surface area contributed by atoms with Gasteiger partial charge in [0.15, 0.2) is 0 Å². The molecule has 0 bridgehead atoms. The molecule has 2 saturated carbocycles. The van der Waals surface area contributed by atoms with Crippen LogP contribution in [0.5, 0.6) is 0 Å². The first-order valence-corrected chi connectivity index (χ1v) is 4.94. The van der Waals surface area contributed by atoms with Crippen molar-refractivity contribution in [2.24, 2.45) is 11.3 Å². The van der Waals surface area contributed by atoms with Crippen LogP contribution < -0.4 is 5.32 Å². The zero-order valence-corrected chi connectivity index (χ0v) is 7.69. The van der Waals surface area contributed by atoms with Crippen LogP contribution in [-0.4, -0.2) is 12.6 Å². The monoisotopic (exact) mass is 153 g/mol. The van der Waals surface area contributed by atoms with Crippen molar-refractivity contribution in [2.45, 2.75) is 45.6 Å². The minimum Gasteiger partial charge on any atom is -0.314 e. The third-order valence-electron chi connectivity index (χ3n) is 3.22. The van der Waals surface area contributed by atoms with Crippen LogP contribution in [0.3, 0.4) is 0 Å². The van der Waals surface area contributed by atoms with E-state index in [1.165, 1.54) is 32.2 Å². The molecule has 2 fully saturated rings. The highest BCUT2D eigenvalue weighted by atomic mass is 14.9. The molecular weight excluding hydrogens is 134 g/mol. The van der Waals surface area contributed by atoms with Gasteiger partial charge in [-0.1, -0.05) is 13.8 Å². The normalized spacial score (nSPS) is 27.5. The van der Waals surface area contributed by atoms with Crippen LogP contribution in [0.2, 0.25) is 0 Å². The number of hydrogen-bond acceptors (Lipinski definition) is 1. The van der Waals surface area contributed by atoms with Gasteiger partial charge in [0.05, 0.1) is 0 Å². The summed E-state index contributed by atoms with van der Waals surface area (Å²) in [6.07, 6.45) is 6.11. The molecule has 0 aliphatic heterocycles. The summed E-state index contributed by atoms with van der Waals surface area (Å²) in [6.45, 7) is 5.72. The minimum absolute atomic E-state index is 0.672. The van der Waals surface area contributed by atoms with Crippen molar-refractivity contribution in [3.8, 4) is 0 Å². The van der Waals surface area contributed by atoms with Gasteiger partial charge >= 0.3 is 0 Å². The van der Waals surface area contributed by atoms with Gasteiger partial charge in [0.25, 0.3) is 0 Å². The van der Waals surface area contributed by atoms with E-state index in [1.807, 2.05) is 0 Å². The van der Waals surface area contributed by atoms with Gasteiger partial charge in [-0.25, -0.2) is 0 Å². The Labute approximate surface area is 69.6 Å². The van der Waals surface area contributed by atoms with Gasteiger partial charge in [-0.3, -0.25) is 0 Å².